The highest BCUT2D eigenvalue weighted by Crippen LogP contribution is 2.14. The average Bonchev–Trinajstić information content (AvgIpc) is 2.37. The summed E-state index contributed by atoms with van der Waals surface area (Å²) in [7, 11) is 0. The Morgan fingerprint density at radius 3 is 3.00 bits per heavy atom. The van der Waals surface area contributed by atoms with Gasteiger partial charge in [0.05, 0.1) is 18.1 Å². The summed E-state index contributed by atoms with van der Waals surface area (Å²) in [6, 6.07) is 0. The van der Waals surface area contributed by atoms with Crippen LogP contribution in [-0.2, 0) is 6.54 Å². The summed E-state index contributed by atoms with van der Waals surface area (Å²) in [5.41, 5.74) is 0.681. The second-order valence-corrected chi connectivity index (χ2v) is 2.87. The van der Waals surface area contributed by atoms with E-state index < -0.39 is 6.67 Å². The third-order valence-corrected chi connectivity index (χ3v) is 1.50. The molecule has 0 bridgehead atoms. The lowest BCUT2D eigenvalue weighted by atomic mass is 10.4. The zero-order chi connectivity index (χ0) is 8.27. The van der Waals surface area contributed by atoms with E-state index in [4.69, 9.17) is 11.6 Å². The lowest BCUT2D eigenvalue weighted by molar-refractivity contribution is 0.422. The SMILES string of the molecule is CC(Cl)c1cn(CCF)nn1. The van der Waals surface area contributed by atoms with Crippen molar-refractivity contribution in [3.05, 3.63) is 11.9 Å². The van der Waals surface area contributed by atoms with Crippen LogP contribution in [0.1, 0.15) is 18.0 Å². The first-order valence-corrected chi connectivity index (χ1v) is 3.77. The molecule has 0 N–H and O–H groups in total. The highest BCUT2D eigenvalue weighted by atomic mass is 35.5. The van der Waals surface area contributed by atoms with Gasteiger partial charge in [-0.2, -0.15) is 0 Å². The molecule has 5 heteroatoms. The minimum absolute atomic E-state index is 0.164. The fourth-order valence-corrected chi connectivity index (χ4v) is 0.792. The Labute approximate surface area is 69.2 Å². The smallest absolute Gasteiger partial charge is 0.109 e. The molecule has 1 atom stereocenters. The molecule has 62 valence electrons. The molecule has 0 aliphatic rings. The Morgan fingerprint density at radius 1 is 1.82 bits per heavy atom. The highest BCUT2D eigenvalue weighted by molar-refractivity contribution is 6.20. The standard InChI is InChI=1S/C6H9ClFN3/c1-5(7)6-4-11(3-2-8)10-9-6/h4-5H,2-3H2,1H3. The molecule has 1 heterocycles. The monoisotopic (exact) mass is 177 g/mol. The molecule has 0 amide bonds. The molecule has 1 aromatic heterocycles. The Balaban J connectivity index is 2.66. The molecular weight excluding hydrogens is 169 g/mol. The Bertz CT molecular complexity index is 223. The Hall–Kier alpha value is -0.640. The van der Waals surface area contributed by atoms with E-state index in [1.54, 1.807) is 13.1 Å². The molecule has 0 saturated carbocycles. The van der Waals surface area contributed by atoms with Crippen molar-refractivity contribution in [1.29, 1.82) is 0 Å². The lowest BCUT2D eigenvalue weighted by Gasteiger charge is -1.93. The minimum Gasteiger partial charge on any atom is -0.250 e. The maximum atomic E-state index is 11.8. The van der Waals surface area contributed by atoms with Crippen LogP contribution in [-0.4, -0.2) is 21.7 Å². The molecular formula is C6H9ClFN3. The molecule has 0 aromatic carbocycles. The first-order chi connectivity index (χ1) is 5.24. The van der Waals surface area contributed by atoms with Gasteiger partial charge in [-0.3, -0.25) is 0 Å². The van der Waals surface area contributed by atoms with Crippen LogP contribution in [0.25, 0.3) is 0 Å². The molecule has 1 rings (SSSR count). The Morgan fingerprint density at radius 2 is 2.55 bits per heavy atom. The topological polar surface area (TPSA) is 30.7 Å². The van der Waals surface area contributed by atoms with Crippen molar-refractivity contribution in [2.45, 2.75) is 18.8 Å². The van der Waals surface area contributed by atoms with E-state index in [9.17, 15) is 4.39 Å². The van der Waals surface area contributed by atoms with Gasteiger partial charge < -0.3 is 0 Å². The molecule has 0 aliphatic heterocycles. The van der Waals surface area contributed by atoms with Crippen molar-refractivity contribution in [2.75, 3.05) is 6.67 Å². The summed E-state index contributed by atoms with van der Waals surface area (Å²) >= 11 is 5.71. The van der Waals surface area contributed by atoms with Crippen molar-refractivity contribution in [3.63, 3.8) is 0 Å². The van der Waals surface area contributed by atoms with Gasteiger partial charge in [-0.25, -0.2) is 9.07 Å². The van der Waals surface area contributed by atoms with Crippen LogP contribution in [0.2, 0.25) is 0 Å². The number of nitrogens with zero attached hydrogens (tertiary/aromatic N) is 3. The van der Waals surface area contributed by atoms with Crippen LogP contribution in [0.4, 0.5) is 4.39 Å². The second-order valence-electron chi connectivity index (χ2n) is 2.21. The number of alkyl halides is 2. The number of aromatic nitrogens is 3. The van der Waals surface area contributed by atoms with Crippen LogP contribution < -0.4 is 0 Å². The molecule has 3 nitrogen and oxygen atoms in total. The number of hydrogen-bond donors (Lipinski definition) is 0. The summed E-state index contributed by atoms with van der Waals surface area (Å²) in [4.78, 5) is 0. The van der Waals surface area contributed by atoms with Crippen molar-refractivity contribution >= 4 is 11.6 Å². The summed E-state index contributed by atoms with van der Waals surface area (Å²) in [5, 5.41) is 7.25. The van der Waals surface area contributed by atoms with Crippen molar-refractivity contribution in [2.24, 2.45) is 0 Å². The van der Waals surface area contributed by atoms with Gasteiger partial charge in [-0.05, 0) is 6.92 Å². The molecule has 11 heavy (non-hydrogen) atoms. The maximum Gasteiger partial charge on any atom is 0.109 e. The van der Waals surface area contributed by atoms with Crippen molar-refractivity contribution < 1.29 is 4.39 Å². The van der Waals surface area contributed by atoms with E-state index in [1.807, 2.05) is 0 Å². The summed E-state index contributed by atoms with van der Waals surface area (Å²) < 4.78 is 13.2. The molecule has 1 unspecified atom stereocenters. The number of halogens is 2. The fourth-order valence-electron chi connectivity index (χ4n) is 0.692. The zero-order valence-electron chi connectivity index (χ0n) is 6.17. The average molecular weight is 178 g/mol. The third kappa shape index (κ3) is 2.15. The van der Waals surface area contributed by atoms with Gasteiger partial charge in [0.1, 0.15) is 12.4 Å². The Kier molecular flexibility index (Phi) is 2.82. The van der Waals surface area contributed by atoms with E-state index in [0.29, 0.717) is 5.69 Å². The van der Waals surface area contributed by atoms with Crippen LogP contribution in [0, 0.1) is 0 Å². The van der Waals surface area contributed by atoms with E-state index in [0.717, 1.165) is 0 Å². The largest absolute Gasteiger partial charge is 0.250 e. The van der Waals surface area contributed by atoms with Gasteiger partial charge >= 0.3 is 0 Å². The highest BCUT2D eigenvalue weighted by Gasteiger charge is 2.05. The summed E-state index contributed by atoms with van der Waals surface area (Å²) in [6.07, 6.45) is 1.65. The second kappa shape index (κ2) is 3.67. The molecule has 0 aliphatic carbocycles. The molecule has 0 saturated heterocycles. The van der Waals surface area contributed by atoms with E-state index in [1.165, 1.54) is 4.68 Å². The first-order valence-electron chi connectivity index (χ1n) is 3.34. The molecule has 0 radical (unpaired) electrons. The van der Waals surface area contributed by atoms with Gasteiger partial charge in [-0.1, -0.05) is 5.21 Å². The van der Waals surface area contributed by atoms with Gasteiger partial charge in [0.2, 0.25) is 0 Å². The van der Waals surface area contributed by atoms with Crippen LogP contribution in [0.3, 0.4) is 0 Å². The van der Waals surface area contributed by atoms with E-state index in [2.05, 4.69) is 10.3 Å². The maximum absolute atomic E-state index is 11.8. The number of hydrogen-bond acceptors (Lipinski definition) is 2. The predicted molar refractivity (Wildman–Crippen MR) is 40.3 cm³/mol. The molecule has 0 fully saturated rings. The summed E-state index contributed by atoms with van der Waals surface area (Å²) in [5.74, 6) is 0. The van der Waals surface area contributed by atoms with Crippen molar-refractivity contribution in [3.8, 4) is 0 Å². The normalized spacial score (nSPS) is 13.4. The van der Waals surface area contributed by atoms with E-state index in [-0.39, 0.29) is 11.9 Å². The fraction of sp³-hybridized carbons (Fsp3) is 0.667. The van der Waals surface area contributed by atoms with E-state index >= 15 is 0 Å². The van der Waals surface area contributed by atoms with Crippen LogP contribution in [0.15, 0.2) is 6.20 Å². The number of rotatable bonds is 3. The zero-order valence-corrected chi connectivity index (χ0v) is 6.92. The lowest BCUT2D eigenvalue weighted by Crippen LogP contribution is -1.99. The van der Waals surface area contributed by atoms with Crippen molar-refractivity contribution in [1.82, 2.24) is 15.0 Å². The van der Waals surface area contributed by atoms with Crippen LogP contribution in [0.5, 0.6) is 0 Å². The quantitative estimate of drug-likeness (QED) is 0.656. The first kappa shape index (κ1) is 8.46. The number of aryl methyl sites for hydroxylation is 1. The minimum atomic E-state index is -0.431. The molecule has 0 spiro atoms. The molecule has 1 aromatic rings. The third-order valence-electron chi connectivity index (χ3n) is 1.28. The van der Waals surface area contributed by atoms with Crippen LogP contribution >= 0.6 is 11.6 Å². The predicted octanol–water partition coefficient (Wildman–Crippen LogP) is 1.55. The van der Waals surface area contributed by atoms with Gasteiger partial charge in [0.15, 0.2) is 0 Å². The van der Waals surface area contributed by atoms with Gasteiger partial charge in [0.25, 0.3) is 0 Å². The van der Waals surface area contributed by atoms with Gasteiger partial charge in [0, 0.05) is 0 Å². The van der Waals surface area contributed by atoms with Gasteiger partial charge in [-0.15, -0.1) is 16.7 Å². The summed E-state index contributed by atoms with van der Waals surface area (Å²) in [6.45, 7) is 1.61.